The average Bonchev–Trinajstić information content (AvgIpc) is 2.74. The van der Waals surface area contributed by atoms with Gasteiger partial charge in [-0.25, -0.2) is 4.79 Å². The largest absolute Gasteiger partial charge is 0.497 e. The molecule has 0 spiro atoms. The highest BCUT2D eigenvalue weighted by Gasteiger charge is 2.39. The number of carbonyl (C=O) groups is 2. The lowest BCUT2D eigenvalue weighted by Gasteiger charge is -2.42. The second kappa shape index (κ2) is 9.45. The van der Waals surface area contributed by atoms with Gasteiger partial charge >= 0.3 is 12.0 Å². The summed E-state index contributed by atoms with van der Waals surface area (Å²) in [4.78, 5) is 29.2. The van der Waals surface area contributed by atoms with Crippen molar-refractivity contribution in [1.29, 1.82) is 0 Å². The van der Waals surface area contributed by atoms with Crippen LogP contribution in [0.1, 0.15) is 43.9 Å². The van der Waals surface area contributed by atoms with Crippen LogP contribution in [0.25, 0.3) is 0 Å². The third kappa shape index (κ3) is 4.36. The minimum atomic E-state index is -0.413. The van der Waals surface area contributed by atoms with E-state index in [0.717, 1.165) is 29.7 Å². The third-order valence-corrected chi connectivity index (χ3v) is 5.06. The maximum atomic E-state index is 13.5. The molecule has 1 atom stereocenters. The van der Waals surface area contributed by atoms with Crippen molar-refractivity contribution >= 4 is 17.7 Å². The highest BCUT2D eigenvalue weighted by Crippen LogP contribution is 2.41. The number of methoxy groups -OCH3 is 1. The second-order valence-electron chi connectivity index (χ2n) is 6.96. The van der Waals surface area contributed by atoms with Crippen molar-refractivity contribution in [3.8, 4) is 5.75 Å². The molecule has 0 aromatic heterocycles. The van der Waals surface area contributed by atoms with Gasteiger partial charge in [0.25, 0.3) is 0 Å². The van der Waals surface area contributed by atoms with Gasteiger partial charge in [-0.05, 0) is 37.1 Å². The van der Waals surface area contributed by atoms with Crippen LogP contribution in [-0.4, -0.2) is 43.7 Å². The molecule has 1 aliphatic rings. The van der Waals surface area contributed by atoms with Crippen molar-refractivity contribution in [2.24, 2.45) is 0 Å². The van der Waals surface area contributed by atoms with Crippen LogP contribution in [0.5, 0.6) is 5.75 Å². The normalized spacial score (nSPS) is 15.8. The summed E-state index contributed by atoms with van der Waals surface area (Å²) >= 11 is 0. The molecular weight excluding hydrogens is 368 g/mol. The first-order chi connectivity index (χ1) is 14.1. The molecule has 3 rings (SSSR count). The van der Waals surface area contributed by atoms with E-state index in [9.17, 15) is 9.59 Å². The molecule has 0 fully saturated rings. The number of esters is 1. The van der Waals surface area contributed by atoms with Crippen molar-refractivity contribution < 1.29 is 19.1 Å². The Bertz CT molecular complexity index is 867. The van der Waals surface area contributed by atoms with Gasteiger partial charge in [0.05, 0.1) is 25.4 Å². The van der Waals surface area contributed by atoms with Gasteiger partial charge in [0.2, 0.25) is 0 Å². The van der Waals surface area contributed by atoms with E-state index in [1.165, 1.54) is 0 Å². The summed E-state index contributed by atoms with van der Waals surface area (Å²) in [6.45, 7) is 4.64. The molecule has 0 saturated heterocycles. The Morgan fingerprint density at radius 2 is 1.90 bits per heavy atom. The van der Waals surface area contributed by atoms with Gasteiger partial charge in [0.1, 0.15) is 12.3 Å². The zero-order chi connectivity index (χ0) is 20.8. The molecule has 154 valence electrons. The number of benzene rings is 2. The highest BCUT2D eigenvalue weighted by atomic mass is 16.5. The maximum Gasteiger partial charge on any atom is 0.325 e. The number of unbranched alkanes of at least 4 members (excludes halogenated alkanes) is 1. The molecule has 1 heterocycles. The Labute approximate surface area is 172 Å². The number of rotatable bonds is 8. The molecule has 1 unspecified atom stereocenters. The van der Waals surface area contributed by atoms with Gasteiger partial charge in [-0.1, -0.05) is 43.7 Å². The summed E-state index contributed by atoms with van der Waals surface area (Å²) in [7, 11) is 1.61. The Kier molecular flexibility index (Phi) is 6.75. The standard InChI is InChI=1S/C23H28N2O4/c1-4-6-14-24-20-13-8-7-12-19(20)22(17-10-9-11-18(15-17)28-3)25(23(24)27)16-21(26)29-5-2/h7-13,15,22H,4-6,14,16H2,1-3H3. The molecule has 0 radical (unpaired) electrons. The molecule has 0 saturated carbocycles. The van der Waals surface area contributed by atoms with E-state index in [0.29, 0.717) is 12.3 Å². The molecule has 0 aliphatic carbocycles. The first-order valence-electron chi connectivity index (χ1n) is 10.1. The first-order valence-corrected chi connectivity index (χ1v) is 10.1. The van der Waals surface area contributed by atoms with Crippen LogP contribution in [0, 0.1) is 0 Å². The van der Waals surface area contributed by atoms with E-state index in [4.69, 9.17) is 9.47 Å². The maximum absolute atomic E-state index is 13.5. The van der Waals surface area contributed by atoms with E-state index in [1.54, 1.807) is 23.8 Å². The lowest BCUT2D eigenvalue weighted by molar-refractivity contribution is -0.144. The Morgan fingerprint density at radius 1 is 1.10 bits per heavy atom. The molecule has 2 amide bonds. The number of anilines is 1. The summed E-state index contributed by atoms with van der Waals surface area (Å²) in [6, 6.07) is 14.9. The second-order valence-corrected chi connectivity index (χ2v) is 6.96. The van der Waals surface area contributed by atoms with E-state index < -0.39 is 12.0 Å². The molecule has 0 bridgehead atoms. The molecule has 1 aliphatic heterocycles. The van der Waals surface area contributed by atoms with Gasteiger partial charge in [-0.3, -0.25) is 9.69 Å². The first kappa shape index (κ1) is 20.7. The molecule has 0 N–H and O–H groups in total. The summed E-state index contributed by atoms with van der Waals surface area (Å²) in [5, 5.41) is 0. The number of ether oxygens (including phenoxy) is 2. The van der Waals surface area contributed by atoms with Crippen LogP contribution < -0.4 is 9.64 Å². The van der Waals surface area contributed by atoms with E-state index in [2.05, 4.69) is 6.92 Å². The summed E-state index contributed by atoms with van der Waals surface area (Å²) < 4.78 is 10.5. The third-order valence-electron chi connectivity index (χ3n) is 5.06. The number of hydrogen-bond acceptors (Lipinski definition) is 4. The monoisotopic (exact) mass is 396 g/mol. The van der Waals surface area contributed by atoms with Crippen LogP contribution in [0.3, 0.4) is 0 Å². The van der Waals surface area contributed by atoms with Gasteiger partial charge in [0, 0.05) is 12.1 Å². The predicted octanol–water partition coefficient (Wildman–Crippen LogP) is 4.39. The van der Waals surface area contributed by atoms with Crippen LogP contribution in [0.2, 0.25) is 0 Å². The van der Waals surface area contributed by atoms with E-state index in [1.807, 2.05) is 48.5 Å². The number of hydrogen-bond donors (Lipinski definition) is 0. The van der Waals surface area contributed by atoms with Crippen molar-refractivity contribution in [1.82, 2.24) is 4.90 Å². The quantitative estimate of drug-likeness (QED) is 0.621. The van der Waals surface area contributed by atoms with Gasteiger partial charge in [-0.2, -0.15) is 0 Å². The minimum absolute atomic E-state index is 0.106. The molecule has 2 aromatic carbocycles. The van der Waals surface area contributed by atoms with E-state index >= 15 is 0 Å². The average molecular weight is 396 g/mol. The number of fused-ring (bicyclic) bond motifs is 1. The Balaban J connectivity index is 2.11. The smallest absolute Gasteiger partial charge is 0.325 e. The fraction of sp³-hybridized carbons (Fsp3) is 0.391. The number of carbonyl (C=O) groups excluding carboxylic acids is 2. The van der Waals surface area contributed by atoms with Crippen molar-refractivity contribution in [2.75, 3.05) is 31.7 Å². The van der Waals surface area contributed by atoms with E-state index in [-0.39, 0.29) is 19.2 Å². The predicted molar refractivity (Wildman–Crippen MR) is 112 cm³/mol. The molecule has 2 aromatic rings. The lowest BCUT2D eigenvalue weighted by atomic mass is 9.92. The number of amides is 2. The zero-order valence-electron chi connectivity index (χ0n) is 17.3. The summed E-state index contributed by atoms with van der Waals surface area (Å²) in [5.74, 6) is 0.292. The van der Waals surface area contributed by atoms with Crippen molar-refractivity contribution in [3.63, 3.8) is 0 Å². The highest BCUT2D eigenvalue weighted by molar-refractivity contribution is 5.97. The Morgan fingerprint density at radius 3 is 2.62 bits per heavy atom. The van der Waals surface area contributed by atoms with Gasteiger partial charge < -0.3 is 14.4 Å². The number of urea groups is 1. The lowest BCUT2D eigenvalue weighted by Crippen LogP contribution is -2.52. The topological polar surface area (TPSA) is 59.1 Å². The van der Waals surface area contributed by atoms with Crippen LogP contribution in [0.4, 0.5) is 10.5 Å². The summed E-state index contributed by atoms with van der Waals surface area (Å²) in [6.07, 6.45) is 1.86. The summed E-state index contributed by atoms with van der Waals surface area (Å²) in [5.41, 5.74) is 2.77. The number of nitrogens with zero attached hydrogens (tertiary/aromatic N) is 2. The SMILES string of the molecule is CCCCN1C(=O)N(CC(=O)OCC)C(c2cccc(OC)c2)c2ccccc21. The molecule has 29 heavy (non-hydrogen) atoms. The number of para-hydroxylation sites is 1. The molecular formula is C23H28N2O4. The van der Waals surface area contributed by atoms with Crippen LogP contribution in [-0.2, 0) is 9.53 Å². The fourth-order valence-corrected chi connectivity index (χ4v) is 3.71. The molecule has 6 nitrogen and oxygen atoms in total. The van der Waals surface area contributed by atoms with Gasteiger partial charge in [-0.15, -0.1) is 0 Å². The van der Waals surface area contributed by atoms with Gasteiger partial charge in [0.15, 0.2) is 0 Å². The van der Waals surface area contributed by atoms with Crippen LogP contribution >= 0.6 is 0 Å². The Hall–Kier alpha value is -3.02. The fourth-order valence-electron chi connectivity index (χ4n) is 3.71. The van der Waals surface area contributed by atoms with Crippen LogP contribution in [0.15, 0.2) is 48.5 Å². The molecule has 6 heteroatoms. The van der Waals surface area contributed by atoms with Crippen molar-refractivity contribution in [3.05, 3.63) is 59.7 Å². The zero-order valence-corrected chi connectivity index (χ0v) is 17.3. The van der Waals surface area contributed by atoms with Crippen molar-refractivity contribution in [2.45, 2.75) is 32.7 Å². The minimum Gasteiger partial charge on any atom is -0.497 e.